The van der Waals surface area contributed by atoms with Gasteiger partial charge in [0.1, 0.15) is 23.2 Å². The van der Waals surface area contributed by atoms with E-state index in [1.807, 2.05) is 0 Å². The van der Waals surface area contributed by atoms with Crippen LogP contribution in [0.3, 0.4) is 0 Å². The molecule has 15 heteroatoms. The molecule has 5 N–H and O–H groups in total. The molecule has 0 bridgehead atoms. The summed E-state index contributed by atoms with van der Waals surface area (Å²) in [5.74, 6) is -1.91. The number of thioether (sulfide) groups is 2. The Morgan fingerprint density at radius 3 is 2.86 bits per heavy atom. The zero-order chi connectivity index (χ0) is 25.3. The van der Waals surface area contributed by atoms with Gasteiger partial charge in [0.05, 0.1) is 0 Å². The van der Waals surface area contributed by atoms with Gasteiger partial charge >= 0.3 is 12.0 Å². The molecular weight excluding hydrogens is 516 g/mol. The number of amides is 4. The number of carboxylic acids is 1. The average Bonchev–Trinajstić information content (AvgIpc) is 3.35. The number of β-lactam (4-membered cyclic amide) rings is 1. The predicted octanol–water partition coefficient (Wildman–Crippen LogP) is 0.325. The summed E-state index contributed by atoms with van der Waals surface area (Å²) in [5, 5.41) is 31.8. The van der Waals surface area contributed by atoms with Crippen molar-refractivity contribution in [2.75, 3.05) is 11.5 Å². The number of nitrogens with two attached hydrogens (primary N) is 1. The van der Waals surface area contributed by atoms with E-state index < -0.39 is 41.3 Å². The SMILES string of the molecule is Cc1cc[n+]([O-])nc1SCC1=C(C(=O)O)N2C(=O)[C@H](NC(=O)C(NC(N)=O)c3cccs3)C2SC1. The normalized spacial score (nSPS) is 20.0. The van der Waals surface area contributed by atoms with Crippen LogP contribution in [0, 0.1) is 12.1 Å². The third kappa shape index (κ3) is 5.06. The molecular formula is C20H20N6O6S3. The van der Waals surface area contributed by atoms with Crippen LogP contribution in [-0.4, -0.2) is 61.8 Å². The van der Waals surface area contributed by atoms with Crippen molar-refractivity contribution in [3.05, 3.63) is 56.7 Å². The first-order valence-corrected chi connectivity index (χ1v) is 13.1. The number of hydrogen-bond acceptors (Lipinski definition) is 9. The maximum atomic E-state index is 12.9. The van der Waals surface area contributed by atoms with E-state index in [-0.39, 0.29) is 11.4 Å². The van der Waals surface area contributed by atoms with Crippen LogP contribution >= 0.6 is 34.9 Å². The van der Waals surface area contributed by atoms with Crippen molar-refractivity contribution < 1.29 is 29.1 Å². The van der Waals surface area contributed by atoms with E-state index in [9.17, 15) is 29.5 Å². The molecule has 2 aromatic heterocycles. The van der Waals surface area contributed by atoms with Gasteiger partial charge in [-0.05, 0) is 29.5 Å². The number of nitrogens with zero attached hydrogens (tertiary/aromatic N) is 3. The van der Waals surface area contributed by atoms with Crippen molar-refractivity contribution in [1.82, 2.24) is 20.6 Å². The third-order valence-corrected chi connectivity index (χ3v) is 8.73. The summed E-state index contributed by atoms with van der Waals surface area (Å²) in [4.78, 5) is 51.4. The number of rotatable bonds is 8. The Hall–Kier alpha value is -3.30. The van der Waals surface area contributed by atoms with Gasteiger partial charge in [0.15, 0.2) is 5.03 Å². The molecule has 184 valence electrons. The number of thiophene rings is 1. The van der Waals surface area contributed by atoms with Gasteiger partial charge in [-0.15, -0.1) is 23.1 Å². The Bertz CT molecular complexity index is 1220. The number of primary amides is 1. The number of aromatic nitrogens is 2. The number of fused-ring (bicyclic) bond motifs is 1. The minimum absolute atomic E-state index is 0.134. The van der Waals surface area contributed by atoms with E-state index in [1.54, 1.807) is 30.5 Å². The lowest BCUT2D eigenvalue weighted by molar-refractivity contribution is -0.673. The monoisotopic (exact) mass is 536 g/mol. The van der Waals surface area contributed by atoms with Gasteiger partial charge in [-0.25, -0.2) is 9.59 Å². The molecule has 2 aromatic rings. The molecule has 0 aromatic carbocycles. The maximum Gasteiger partial charge on any atom is 0.352 e. The smallest absolute Gasteiger partial charge is 0.352 e. The predicted molar refractivity (Wildman–Crippen MR) is 128 cm³/mol. The van der Waals surface area contributed by atoms with Gasteiger partial charge in [-0.1, -0.05) is 22.7 Å². The van der Waals surface area contributed by atoms with Crippen LogP contribution in [0.4, 0.5) is 4.79 Å². The lowest BCUT2D eigenvalue weighted by Crippen LogP contribution is -2.71. The molecule has 4 rings (SSSR count). The Morgan fingerprint density at radius 1 is 1.43 bits per heavy atom. The van der Waals surface area contributed by atoms with Gasteiger partial charge in [0.2, 0.25) is 12.1 Å². The molecule has 2 aliphatic rings. The zero-order valence-electron chi connectivity index (χ0n) is 18.2. The number of nitrogens with one attached hydrogen (secondary N) is 2. The molecule has 35 heavy (non-hydrogen) atoms. The zero-order valence-corrected chi connectivity index (χ0v) is 20.6. The summed E-state index contributed by atoms with van der Waals surface area (Å²) in [7, 11) is 0. The van der Waals surface area contributed by atoms with Gasteiger partial charge in [0, 0.05) is 27.5 Å². The first-order chi connectivity index (χ1) is 16.7. The second kappa shape index (κ2) is 10.1. The van der Waals surface area contributed by atoms with Crippen LogP contribution in [0.25, 0.3) is 0 Å². The number of hydrogen-bond donors (Lipinski definition) is 4. The summed E-state index contributed by atoms with van der Waals surface area (Å²) in [6.45, 7) is 1.79. The summed E-state index contributed by atoms with van der Waals surface area (Å²) in [6.07, 6.45) is 1.28. The first kappa shape index (κ1) is 24.8. The molecule has 0 radical (unpaired) electrons. The summed E-state index contributed by atoms with van der Waals surface area (Å²) in [5.41, 5.74) is 6.35. The van der Waals surface area contributed by atoms with E-state index in [2.05, 4.69) is 15.7 Å². The molecule has 4 heterocycles. The highest BCUT2D eigenvalue weighted by molar-refractivity contribution is 8.01. The second-order valence-electron chi connectivity index (χ2n) is 7.61. The minimum Gasteiger partial charge on any atom is -0.594 e. The molecule has 0 aliphatic carbocycles. The largest absolute Gasteiger partial charge is 0.594 e. The minimum atomic E-state index is -1.26. The molecule has 4 amide bonds. The fourth-order valence-electron chi connectivity index (χ4n) is 3.64. The molecule has 1 fully saturated rings. The fourth-order valence-corrected chi connectivity index (χ4v) is 6.87. The average molecular weight is 537 g/mol. The number of aryl methyl sites for hydroxylation is 1. The highest BCUT2D eigenvalue weighted by Crippen LogP contribution is 2.41. The second-order valence-corrected chi connectivity index (χ2v) is 10.7. The van der Waals surface area contributed by atoms with Gasteiger partial charge in [0.25, 0.3) is 5.91 Å². The van der Waals surface area contributed by atoms with Crippen molar-refractivity contribution >= 4 is 58.7 Å². The lowest BCUT2D eigenvalue weighted by Gasteiger charge is -2.49. The van der Waals surface area contributed by atoms with Crippen molar-refractivity contribution in [1.29, 1.82) is 0 Å². The Kier molecular flexibility index (Phi) is 7.18. The number of carbonyl (C=O) groups excluding carboxylic acids is 3. The van der Waals surface area contributed by atoms with Crippen molar-refractivity contribution in [2.45, 2.75) is 29.4 Å². The molecule has 0 saturated carbocycles. The number of carboxylic acid groups (broad SMARTS) is 1. The van der Waals surface area contributed by atoms with Crippen molar-refractivity contribution in [2.24, 2.45) is 5.73 Å². The highest BCUT2D eigenvalue weighted by Gasteiger charge is 2.54. The van der Waals surface area contributed by atoms with E-state index in [1.165, 1.54) is 41.1 Å². The number of aliphatic carboxylic acids is 1. The van der Waals surface area contributed by atoms with E-state index in [4.69, 9.17) is 5.73 Å². The lowest BCUT2D eigenvalue weighted by atomic mass is 10.0. The van der Waals surface area contributed by atoms with Gasteiger partial charge in [-0.2, -0.15) is 0 Å². The maximum absolute atomic E-state index is 12.9. The standard InChI is InChI=1S/C20H20N6O6S3/c1-9-4-5-25(32)24-16(9)34-7-10-8-35-18-13(17(28)26(18)14(10)19(29)30)22-15(27)12(23-20(21)31)11-3-2-6-33-11/h2-6,12-13,18H,7-8H2,1H3,(H,22,27)(H,29,30)(H3,21,23,31)/t12?,13-,18?/m0/s1. The Labute approximate surface area is 211 Å². The van der Waals surface area contributed by atoms with Crippen molar-refractivity contribution in [3.63, 3.8) is 0 Å². The summed E-state index contributed by atoms with van der Waals surface area (Å²) in [6, 6.07) is 2.06. The Morgan fingerprint density at radius 2 is 2.20 bits per heavy atom. The summed E-state index contributed by atoms with van der Waals surface area (Å²) >= 11 is 3.77. The van der Waals surface area contributed by atoms with E-state index in [0.717, 1.165) is 10.5 Å². The molecule has 0 spiro atoms. The highest BCUT2D eigenvalue weighted by atomic mass is 32.2. The van der Waals surface area contributed by atoms with Crippen LogP contribution in [0.15, 0.2) is 46.1 Å². The molecule has 2 unspecified atom stereocenters. The van der Waals surface area contributed by atoms with Crippen LogP contribution in [0.5, 0.6) is 0 Å². The Balaban J connectivity index is 1.49. The molecule has 12 nitrogen and oxygen atoms in total. The van der Waals surface area contributed by atoms with Crippen LogP contribution < -0.4 is 21.2 Å². The quantitative estimate of drug-likeness (QED) is 0.160. The van der Waals surface area contributed by atoms with Crippen molar-refractivity contribution in [3.8, 4) is 0 Å². The van der Waals surface area contributed by atoms with Crippen LogP contribution in [0.1, 0.15) is 16.5 Å². The number of urea groups is 1. The first-order valence-electron chi connectivity index (χ1n) is 10.2. The topological polar surface area (TPSA) is 182 Å². The molecule has 2 aliphatic heterocycles. The van der Waals surface area contributed by atoms with E-state index in [0.29, 0.717) is 26.1 Å². The molecule has 1 saturated heterocycles. The fraction of sp³-hybridized carbons (Fsp3) is 0.300. The van der Waals surface area contributed by atoms with Crippen LogP contribution in [0.2, 0.25) is 0 Å². The third-order valence-electron chi connectivity index (χ3n) is 5.29. The van der Waals surface area contributed by atoms with E-state index >= 15 is 0 Å². The van der Waals surface area contributed by atoms with Gasteiger partial charge < -0.3 is 26.7 Å². The summed E-state index contributed by atoms with van der Waals surface area (Å²) < 4.78 is 0. The van der Waals surface area contributed by atoms with Crippen LogP contribution in [-0.2, 0) is 14.4 Å². The van der Waals surface area contributed by atoms with Gasteiger partial charge in [-0.3, -0.25) is 14.5 Å². The molecule has 3 atom stereocenters. The number of carbonyl (C=O) groups is 4.